The summed E-state index contributed by atoms with van der Waals surface area (Å²) in [6.07, 6.45) is 3.30. The number of carbonyl (C=O) groups is 1. The van der Waals surface area contributed by atoms with Crippen molar-refractivity contribution in [1.29, 1.82) is 0 Å². The molecule has 6 nitrogen and oxygen atoms in total. The van der Waals surface area contributed by atoms with Crippen LogP contribution in [0.4, 0.5) is 0 Å². The largest absolute Gasteiger partial charge is 0.484 e. The Bertz CT molecular complexity index is 864. The second-order valence-corrected chi connectivity index (χ2v) is 10.0. The first-order valence-electron chi connectivity index (χ1n) is 9.48. The number of nitrogens with one attached hydrogen (secondary N) is 1. The van der Waals surface area contributed by atoms with E-state index in [-0.39, 0.29) is 18.6 Å². The summed E-state index contributed by atoms with van der Waals surface area (Å²) < 4.78 is 33.2. The highest BCUT2D eigenvalue weighted by Crippen LogP contribution is 2.29. The Morgan fingerprint density at radius 3 is 2.75 bits per heavy atom. The maximum absolute atomic E-state index is 12.9. The Morgan fingerprint density at radius 2 is 2.04 bits per heavy atom. The lowest BCUT2D eigenvalue weighted by Crippen LogP contribution is -2.45. The van der Waals surface area contributed by atoms with Crippen LogP contribution in [0.25, 0.3) is 0 Å². The van der Waals surface area contributed by atoms with Gasteiger partial charge in [-0.15, -0.1) is 11.3 Å². The molecule has 0 aliphatic carbocycles. The normalized spacial score (nSPS) is 18.0. The molecule has 1 amide bonds. The number of amides is 1. The van der Waals surface area contributed by atoms with Crippen LogP contribution in [0.15, 0.2) is 46.0 Å². The average Bonchev–Trinajstić information content (AvgIpc) is 3.24. The number of rotatable bonds is 8. The molecule has 2 aromatic rings. The molecule has 1 aromatic heterocycles. The molecule has 2 heterocycles. The van der Waals surface area contributed by atoms with Gasteiger partial charge in [-0.3, -0.25) is 4.79 Å². The van der Waals surface area contributed by atoms with E-state index in [1.807, 2.05) is 31.2 Å². The van der Waals surface area contributed by atoms with Crippen LogP contribution in [0.2, 0.25) is 0 Å². The quantitative estimate of drug-likeness (QED) is 0.709. The van der Waals surface area contributed by atoms with E-state index < -0.39 is 10.0 Å². The van der Waals surface area contributed by atoms with Crippen LogP contribution >= 0.6 is 11.3 Å². The summed E-state index contributed by atoms with van der Waals surface area (Å²) in [6.45, 7) is 2.90. The van der Waals surface area contributed by atoms with E-state index >= 15 is 0 Å². The molecule has 1 aliphatic heterocycles. The molecule has 8 heteroatoms. The molecule has 0 radical (unpaired) electrons. The van der Waals surface area contributed by atoms with Gasteiger partial charge in [0, 0.05) is 19.1 Å². The van der Waals surface area contributed by atoms with Crippen molar-refractivity contribution in [2.75, 3.05) is 19.7 Å². The third-order valence-electron chi connectivity index (χ3n) is 4.82. The molecule has 1 fully saturated rings. The molecule has 1 unspecified atom stereocenters. The number of nitrogens with zero attached hydrogens (tertiary/aromatic N) is 1. The van der Waals surface area contributed by atoms with E-state index in [2.05, 4.69) is 5.32 Å². The predicted octanol–water partition coefficient (Wildman–Crippen LogP) is 3.19. The summed E-state index contributed by atoms with van der Waals surface area (Å²) in [6, 6.07) is 10.8. The van der Waals surface area contributed by atoms with Crippen molar-refractivity contribution in [2.45, 2.75) is 42.9 Å². The first kappa shape index (κ1) is 20.8. The number of thiophene rings is 1. The Hall–Kier alpha value is -1.90. The average molecular weight is 423 g/mol. The minimum atomic E-state index is -3.45. The molecule has 3 rings (SSSR count). The minimum absolute atomic E-state index is 0.0507. The fourth-order valence-corrected chi connectivity index (χ4v) is 6.16. The number of hydrogen-bond acceptors (Lipinski definition) is 5. The highest BCUT2D eigenvalue weighted by atomic mass is 32.2. The highest BCUT2D eigenvalue weighted by Gasteiger charge is 2.33. The number of hydrogen-bond donors (Lipinski definition) is 1. The molecular weight excluding hydrogens is 396 g/mol. The molecule has 28 heavy (non-hydrogen) atoms. The summed E-state index contributed by atoms with van der Waals surface area (Å²) in [5.74, 6) is 0.449. The van der Waals surface area contributed by atoms with E-state index in [9.17, 15) is 13.2 Å². The van der Waals surface area contributed by atoms with Gasteiger partial charge in [-0.1, -0.05) is 30.2 Å². The molecule has 1 aromatic carbocycles. The second kappa shape index (κ2) is 9.54. The van der Waals surface area contributed by atoms with Gasteiger partial charge < -0.3 is 10.1 Å². The first-order chi connectivity index (χ1) is 13.5. The molecule has 1 atom stereocenters. The molecule has 1 N–H and O–H groups in total. The molecule has 0 saturated carbocycles. The smallest absolute Gasteiger partial charge is 0.257 e. The summed E-state index contributed by atoms with van der Waals surface area (Å²) in [7, 11) is -3.45. The topological polar surface area (TPSA) is 75.7 Å². The fraction of sp³-hybridized carbons (Fsp3) is 0.450. The number of aryl methyl sites for hydroxylation is 1. The van der Waals surface area contributed by atoms with E-state index in [4.69, 9.17) is 4.74 Å². The lowest BCUT2D eigenvalue weighted by Gasteiger charge is -2.34. The summed E-state index contributed by atoms with van der Waals surface area (Å²) >= 11 is 1.24. The van der Waals surface area contributed by atoms with Crippen LogP contribution in [0.5, 0.6) is 5.75 Å². The van der Waals surface area contributed by atoms with E-state index in [1.54, 1.807) is 21.8 Å². The first-order valence-corrected chi connectivity index (χ1v) is 11.8. The van der Waals surface area contributed by atoms with Crippen LogP contribution in [0.3, 0.4) is 0 Å². The van der Waals surface area contributed by atoms with Gasteiger partial charge >= 0.3 is 0 Å². The molecule has 152 valence electrons. The van der Waals surface area contributed by atoms with Crippen molar-refractivity contribution >= 4 is 27.3 Å². The van der Waals surface area contributed by atoms with Crippen molar-refractivity contribution in [2.24, 2.45) is 0 Å². The number of piperidine rings is 1. The van der Waals surface area contributed by atoms with Crippen LogP contribution in [0.1, 0.15) is 31.2 Å². The zero-order valence-corrected chi connectivity index (χ0v) is 17.6. The molecule has 0 bridgehead atoms. The van der Waals surface area contributed by atoms with Crippen LogP contribution in [-0.4, -0.2) is 44.4 Å². The summed E-state index contributed by atoms with van der Waals surface area (Å²) in [5, 5.41) is 4.61. The van der Waals surface area contributed by atoms with Gasteiger partial charge in [0.15, 0.2) is 6.61 Å². The maximum atomic E-state index is 12.9. The molecular formula is C20H26N2O4S2. The molecule has 0 spiro atoms. The monoisotopic (exact) mass is 422 g/mol. The van der Waals surface area contributed by atoms with E-state index in [1.165, 1.54) is 11.3 Å². The zero-order chi connectivity index (χ0) is 20.0. The maximum Gasteiger partial charge on any atom is 0.257 e. The van der Waals surface area contributed by atoms with Crippen molar-refractivity contribution in [3.8, 4) is 5.75 Å². The van der Waals surface area contributed by atoms with E-state index in [0.717, 1.165) is 24.8 Å². The lowest BCUT2D eigenvalue weighted by atomic mass is 10.0. The number of ether oxygens (including phenoxy) is 1. The van der Waals surface area contributed by atoms with Gasteiger partial charge in [0.05, 0.1) is 0 Å². The minimum Gasteiger partial charge on any atom is -0.484 e. The van der Waals surface area contributed by atoms with Crippen molar-refractivity contribution in [3.63, 3.8) is 0 Å². The SMILES string of the molecule is Cc1ccc(OCC(=O)NCCC2CCCCN2S(=O)(=O)c2cccs2)cc1. The van der Waals surface area contributed by atoms with Gasteiger partial charge in [-0.25, -0.2) is 8.42 Å². The highest BCUT2D eigenvalue weighted by molar-refractivity contribution is 7.91. The third-order valence-corrected chi connectivity index (χ3v) is 8.15. The number of sulfonamides is 1. The Balaban J connectivity index is 1.48. The third kappa shape index (κ3) is 5.33. The summed E-state index contributed by atoms with van der Waals surface area (Å²) in [4.78, 5) is 12.0. The van der Waals surface area contributed by atoms with Crippen molar-refractivity contribution in [3.05, 3.63) is 47.3 Å². The second-order valence-electron chi connectivity index (χ2n) is 6.94. The van der Waals surface area contributed by atoms with Gasteiger partial charge in [0.2, 0.25) is 0 Å². The van der Waals surface area contributed by atoms with Crippen LogP contribution in [-0.2, 0) is 14.8 Å². The van der Waals surface area contributed by atoms with Crippen LogP contribution < -0.4 is 10.1 Å². The van der Waals surface area contributed by atoms with Gasteiger partial charge in [-0.2, -0.15) is 4.31 Å². The van der Waals surface area contributed by atoms with Crippen molar-refractivity contribution < 1.29 is 17.9 Å². The zero-order valence-electron chi connectivity index (χ0n) is 16.0. The summed E-state index contributed by atoms with van der Waals surface area (Å²) in [5.41, 5.74) is 1.13. The lowest BCUT2D eigenvalue weighted by molar-refractivity contribution is -0.123. The number of carbonyl (C=O) groups excluding carboxylic acids is 1. The van der Waals surface area contributed by atoms with E-state index in [0.29, 0.717) is 29.5 Å². The molecule has 1 saturated heterocycles. The van der Waals surface area contributed by atoms with Gasteiger partial charge in [-0.05, 0) is 49.8 Å². The van der Waals surface area contributed by atoms with Crippen molar-refractivity contribution in [1.82, 2.24) is 9.62 Å². The van der Waals surface area contributed by atoms with Gasteiger partial charge in [0.1, 0.15) is 9.96 Å². The Kier molecular flexibility index (Phi) is 7.09. The predicted molar refractivity (Wildman–Crippen MR) is 110 cm³/mol. The Labute approximate surface area is 170 Å². The fourth-order valence-electron chi connectivity index (χ4n) is 3.32. The van der Waals surface area contributed by atoms with Gasteiger partial charge in [0.25, 0.3) is 15.9 Å². The molecule has 1 aliphatic rings. The standard InChI is InChI=1S/C20H26N2O4S2/c1-16-7-9-18(10-8-16)26-15-19(23)21-12-11-17-5-2-3-13-22(17)28(24,25)20-6-4-14-27-20/h4,6-10,14,17H,2-3,5,11-13,15H2,1H3,(H,21,23). The number of benzene rings is 1. The van der Waals surface area contributed by atoms with Crippen LogP contribution in [0, 0.1) is 6.92 Å². The Morgan fingerprint density at radius 1 is 1.25 bits per heavy atom.